The molecule has 5 heterocycles. The summed E-state index contributed by atoms with van der Waals surface area (Å²) in [5, 5.41) is 5.09. The van der Waals surface area contributed by atoms with Crippen molar-refractivity contribution < 1.29 is 0 Å². The zero-order valence-electron chi connectivity index (χ0n) is 34.2. The van der Waals surface area contributed by atoms with Gasteiger partial charge in [0.15, 0.2) is 5.82 Å². The number of hydrogen-bond donors (Lipinski definition) is 0. The lowest BCUT2D eigenvalue weighted by atomic mass is 9.34. The Balaban J connectivity index is 1.30. The molecule has 0 amide bonds. The molecule has 3 aromatic heterocycles. The molecule has 0 radical (unpaired) electrons. The first kappa shape index (κ1) is 34.3. The molecule has 0 atom stereocenters. The zero-order valence-corrected chi connectivity index (χ0v) is 34.2. The van der Waals surface area contributed by atoms with Crippen molar-refractivity contribution in [3.63, 3.8) is 0 Å². The van der Waals surface area contributed by atoms with E-state index in [1.165, 1.54) is 105 Å². The summed E-state index contributed by atoms with van der Waals surface area (Å²) in [6.45, 7) is 13.8. The van der Waals surface area contributed by atoms with Crippen molar-refractivity contribution in [3.8, 4) is 45.0 Å². The van der Waals surface area contributed by atoms with Gasteiger partial charge in [-0.05, 0) is 109 Å². The van der Waals surface area contributed by atoms with Gasteiger partial charge in [0, 0.05) is 49.5 Å². The van der Waals surface area contributed by atoms with Gasteiger partial charge in [0.2, 0.25) is 0 Å². The zero-order chi connectivity index (χ0) is 39.9. The minimum absolute atomic E-state index is 0.00796. The van der Waals surface area contributed by atoms with Crippen LogP contribution in [0.4, 0.5) is 0 Å². The summed E-state index contributed by atoms with van der Waals surface area (Å²) in [5.74, 6) is 0.663. The van der Waals surface area contributed by atoms with E-state index in [1.54, 1.807) is 12.7 Å². The molecule has 0 fully saturated rings. The molecule has 282 valence electrons. The second-order valence-corrected chi connectivity index (χ2v) is 18.6. The highest BCUT2D eigenvalue weighted by molar-refractivity contribution is 7.00. The summed E-state index contributed by atoms with van der Waals surface area (Å²) in [5.41, 5.74) is 19.7. The number of rotatable bonds is 3. The van der Waals surface area contributed by atoms with Crippen molar-refractivity contribution in [1.29, 1.82) is 0 Å². The van der Waals surface area contributed by atoms with Crippen molar-refractivity contribution in [2.24, 2.45) is 0 Å². The highest BCUT2D eigenvalue weighted by atomic mass is 15.0. The van der Waals surface area contributed by atoms with Gasteiger partial charge in [-0.1, -0.05) is 126 Å². The monoisotopic (exact) mass is 759 g/mol. The van der Waals surface area contributed by atoms with Crippen LogP contribution < -0.4 is 16.4 Å². The van der Waals surface area contributed by atoms with Crippen LogP contribution in [0, 0.1) is 0 Å². The summed E-state index contributed by atoms with van der Waals surface area (Å²) in [6, 6.07) is 50.6. The van der Waals surface area contributed by atoms with Crippen molar-refractivity contribution in [3.05, 3.63) is 157 Å². The van der Waals surface area contributed by atoms with Crippen molar-refractivity contribution in [2.45, 2.75) is 52.4 Å². The summed E-state index contributed by atoms with van der Waals surface area (Å²) >= 11 is 0. The van der Waals surface area contributed by atoms with Crippen LogP contribution in [0.25, 0.3) is 88.6 Å². The summed E-state index contributed by atoms with van der Waals surface area (Å²) < 4.78 is 5.10. The molecule has 59 heavy (non-hydrogen) atoms. The number of fused-ring (bicyclic) bond motifs is 10. The van der Waals surface area contributed by atoms with Gasteiger partial charge in [-0.3, -0.25) is 0 Å². The first-order valence-electron chi connectivity index (χ1n) is 20.7. The topological polar surface area (TPSA) is 48.5 Å². The Hall–Kier alpha value is -6.79. The fourth-order valence-electron chi connectivity index (χ4n) is 10.1. The molecule has 0 N–H and O–H groups in total. The Labute approximate surface area is 344 Å². The van der Waals surface area contributed by atoms with Crippen LogP contribution in [0.2, 0.25) is 0 Å². The number of hydrogen-bond acceptors (Lipinski definition) is 3. The fourth-order valence-corrected chi connectivity index (χ4v) is 10.1. The van der Waals surface area contributed by atoms with Gasteiger partial charge in [-0.15, -0.1) is 0 Å². The minimum Gasteiger partial charge on any atom is -0.310 e. The van der Waals surface area contributed by atoms with Crippen molar-refractivity contribution >= 4 is 66.7 Å². The van der Waals surface area contributed by atoms with Gasteiger partial charge in [0.1, 0.15) is 12.7 Å². The van der Waals surface area contributed by atoms with Crippen molar-refractivity contribution in [1.82, 2.24) is 24.1 Å². The molecule has 12 rings (SSSR count). The van der Waals surface area contributed by atoms with Crippen LogP contribution in [0.3, 0.4) is 0 Å². The van der Waals surface area contributed by atoms with Gasteiger partial charge in [0.05, 0.1) is 11.0 Å². The van der Waals surface area contributed by atoms with E-state index in [9.17, 15) is 0 Å². The van der Waals surface area contributed by atoms with Crippen LogP contribution >= 0.6 is 0 Å². The molecule has 2 aliphatic heterocycles. The maximum absolute atomic E-state index is 4.72. The van der Waals surface area contributed by atoms with E-state index in [2.05, 4.69) is 189 Å². The van der Waals surface area contributed by atoms with Gasteiger partial charge >= 0.3 is 0 Å². The molecular weight excluding hydrogens is 717 g/mol. The number of benzene rings is 7. The summed E-state index contributed by atoms with van der Waals surface area (Å²) in [7, 11) is 0. The van der Waals surface area contributed by atoms with Gasteiger partial charge in [0.25, 0.3) is 6.71 Å². The largest absolute Gasteiger partial charge is 0.310 e. The lowest BCUT2D eigenvalue weighted by molar-refractivity contribution is 0.591. The molecule has 0 bridgehead atoms. The molecule has 0 saturated carbocycles. The van der Waals surface area contributed by atoms with Gasteiger partial charge in [-0.25, -0.2) is 15.0 Å². The molecule has 6 heteroatoms. The van der Waals surface area contributed by atoms with Gasteiger partial charge < -0.3 is 9.13 Å². The van der Waals surface area contributed by atoms with Gasteiger partial charge in [-0.2, -0.15) is 0 Å². The third-order valence-corrected chi connectivity index (χ3v) is 13.0. The molecule has 2 aliphatic rings. The van der Waals surface area contributed by atoms with E-state index >= 15 is 0 Å². The molecule has 5 nitrogen and oxygen atoms in total. The Morgan fingerprint density at radius 3 is 1.34 bits per heavy atom. The van der Waals surface area contributed by atoms with E-state index in [-0.39, 0.29) is 17.5 Å². The maximum Gasteiger partial charge on any atom is 0.252 e. The standard InChI is InChI=1S/C53H42BN5/c1-52(2,3)36-17-19-44-38(27-36)40-21-33(31-13-9-7-10-14-31)23-42-49(40)58(44)46-25-35(51-56-29-55-30-57-51)26-47-48(46)54(42)43-24-34(32-15-11-8-12-16-32)22-41-39-28-37(53(4,5)6)18-20-45(39)59(47)50(41)43/h7-30H,1-6H3. The van der Waals surface area contributed by atoms with Crippen LogP contribution in [0.1, 0.15) is 52.7 Å². The number of nitrogens with zero attached hydrogens (tertiary/aromatic N) is 5. The Morgan fingerprint density at radius 2 is 0.898 bits per heavy atom. The molecule has 7 aromatic carbocycles. The molecule has 0 unspecified atom stereocenters. The van der Waals surface area contributed by atoms with E-state index in [4.69, 9.17) is 9.97 Å². The Morgan fingerprint density at radius 1 is 0.441 bits per heavy atom. The highest BCUT2D eigenvalue weighted by Crippen LogP contribution is 2.44. The fraction of sp³-hybridized carbons (Fsp3) is 0.151. The highest BCUT2D eigenvalue weighted by Gasteiger charge is 2.42. The van der Waals surface area contributed by atoms with Crippen LogP contribution in [0.15, 0.2) is 146 Å². The smallest absolute Gasteiger partial charge is 0.252 e. The lowest BCUT2D eigenvalue weighted by Crippen LogP contribution is -2.59. The molecular formula is C53H42BN5. The van der Waals surface area contributed by atoms with E-state index in [0.717, 1.165) is 5.56 Å². The Bertz CT molecular complexity index is 3180. The van der Waals surface area contributed by atoms with Crippen molar-refractivity contribution in [2.75, 3.05) is 0 Å². The minimum atomic E-state index is -0.0393. The molecule has 0 spiro atoms. The first-order chi connectivity index (χ1) is 28.5. The first-order valence-corrected chi connectivity index (χ1v) is 20.7. The quantitative estimate of drug-likeness (QED) is 0.169. The predicted octanol–water partition coefficient (Wildman–Crippen LogP) is 10.8. The van der Waals surface area contributed by atoms with E-state index in [0.29, 0.717) is 5.82 Å². The summed E-state index contributed by atoms with van der Waals surface area (Å²) in [6.07, 6.45) is 3.21. The number of aromatic nitrogens is 5. The maximum atomic E-state index is 4.72. The van der Waals surface area contributed by atoms with E-state index in [1.807, 2.05) is 0 Å². The third kappa shape index (κ3) is 4.89. The van der Waals surface area contributed by atoms with Crippen LogP contribution in [-0.4, -0.2) is 30.8 Å². The van der Waals surface area contributed by atoms with Crippen LogP contribution in [-0.2, 0) is 10.8 Å². The lowest BCUT2D eigenvalue weighted by Gasteiger charge is -2.34. The summed E-state index contributed by atoms with van der Waals surface area (Å²) in [4.78, 5) is 13.6. The SMILES string of the molecule is CC(C)(C)c1ccc2c(c1)c1cc(-c3ccccc3)cc3c1n2-c1cc(-c2ncncn2)cc2c1B3c1cc(-c3ccccc3)cc3c4cc(C(C)(C)C)ccc4n-2c13. The predicted molar refractivity (Wildman–Crippen MR) is 247 cm³/mol. The average Bonchev–Trinajstić information content (AvgIpc) is 3.76. The average molecular weight is 760 g/mol. The molecule has 0 saturated heterocycles. The normalized spacial score (nSPS) is 13.2. The molecule has 0 aliphatic carbocycles. The van der Waals surface area contributed by atoms with Crippen LogP contribution in [0.5, 0.6) is 0 Å². The van der Waals surface area contributed by atoms with E-state index < -0.39 is 0 Å². The second-order valence-electron chi connectivity index (χ2n) is 18.6. The Kier molecular flexibility index (Phi) is 6.91. The second kappa shape index (κ2) is 11.9. The third-order valence-electron chi connectivity index (χ3n) is 13.0. The molecule has 10 aromatic rings.